The number of amides is 2. The Morgan fingerprint density at radius 3 is 2.34 bits per heavy atom. The van der Waals surface area contributed by atoms with Crippen molar-refractivity contribution in [2.24, 2.45) is 5.41 Å². The van der Waals surface area contributed by atoms with Crippen molar-refractivity contribution in [2.45, 2.75) is 96.1 Å². The lowest BCUT2D eigenvalue weighted by Crippen LogP contribution is -2.54. The number of hydrogen-bond donors (Lipinski definition) is 3. The van der Waals surface area contributed by atoms with E-state index in [2.05, 4.69) is 27.3 Å². The average Bonchev–Trinajstić information content (AvgIpc) is 3.74. The smallest absolute Gasteiger partial charge is 0.339 e. The molecule has 0 radical (unpaired) electrons. The molecule has 1 spiro atoms. The molecule has 3 aliphatic rings. The zero-order valence-electron chi connectivity index (χ0n) is 35.4. The normalized spacial score (nSPS) is 20.4. The highest BCUT2D eigenvalue weighted by atomic mass is 35.5. The molecule has 4 heterocycles. The van der Waals surface area contributed by atoms with Crippen LogP contribution in [0.1, 0.15) is 90.9 Å². The Balaban J connectivity index is 1.02. The van der Waals surface area contributed by atoms with Crippen LogP contribution in [0.25, 0.3) is 0 Å². The Kier molecular flexibility index (Phi) is 16.2. The van der Waals surface area contributed by atoms with Crippen LogP contribution in [-0.2, 0) is 50.0 Å². The summed E-state index contributed by atoms with van der Waals surface area (Å²) in [5.74, 6) is -1.14. The number of halogens is 1. The number of nitrogens with zero attached hydrogens (tertiary/aromatic N) is 4. The Bertz CT molecular complexity index is 1980. The molecule has 0 bridgehead atoms. The maximum Gasteiger partial charge on any atom is 0.339 e. The number of pyridine rings is 1. The molecule has 3 fully saturated rings. The van der Waals surface area contributed by atoms with Crippen LogP contribution in [0.5, 0.6) is 5.75 Å². The van der Waals surface area contributed by atoms with Gasteiger partial charge in [0.25, 0.3) is 0 Å². The number of aliphatic hydroxyl groups excluding tert-OH is 1. The van der Waals surface area contributed by atoms with E-state index in [0.717, 1.165) is 64.7 Å². The molecule has 14 nitrogen and oxygen atoms in total. The zero-order chi connectivity index (χ0) is 43.4. The number of methoxy groups -OCH3 is 1. The predicted octanol–water partition coefficient (Wildman–Crippen LogP) is 5.26. The van der Waals surface area contributed by atoms with Crippen molar-refractivity contribution < 1.29 is 43.6 Å². The average molecular weight is 862 g/mol. The van der Waals surface area contributed by atoms with Crippen LogP contribution in [-0.4, -0.2) is 125 Å². The van der Waals surface area contributed by atoms with Gasteiger partial charge in [-0.3, -0.25) is 24.7 Å². The largest absolute Gasteiger partial charge is 0.489 e. The number of carbonyl (C=O) groups excluding carboxylic acids is 3. The maximum atomic E-state index is 13.8. The summed E-state index contributed by atoms with van der Waals surface area (Å²) < 4.78 is 17.2. The van der Waals surface area contributed by atoms with Gasteiger partial charge < -0.3 is 39.1 Å². The first-order chi connectivity index (χ1) is 29.4. The van der Waals surface area contributed by atoms with E-state index in [9.17, 15) is 29.4 Å². The standard InChI is InChI=1S/C46H60ClN5O9/c1-45(32-53,44(57)58)49-26-36-22-39(47)35(23-40(36)61-29-34-21-37(25-48-24-34)43(56)59-2)12-13-42(55)52-19-8-16-46(31-52)15-7-18-51(30-46)41(54)11-6-17-50-20-14-38(27-50)60-28-33-9-4-3-5-10-33/h3-5,9-10,21-25,38,49,53H,6-8,11-20,26-32H2,1-2H3,(H,57,58). The Morgan fingerprint density at radius 1 is 0.934 bits per heavy atom. The van der Waals surface area contributed by atoms with Gasteiger partial charge in [0.2, 0.25) is 11.8 Å². The van der Waals surface area contributed by atoms with Gasteiger partial charge in [-0.05, 0) is 87.7 Å². The van der Waals surface area contributed by atoms with Crippen molar-refractivity contribution in [1.82, 2.24) is 25.0 Å². The highest BCUT2D eigenvalue weighted by Gasteiger charge is 2.41. The van der Waals surface area contributed by atoms with E-state index >= 15 is 0 Å². The third kappa shape index (κ3) is 12.5. The molecule has 2 aromatic carbocycles. The molecule has 0 aliphatic carbocycles. The number of carboxylic acids is 1. The monoisotopic (exact) mass is 861 g/mol. The van der Waals surface area contributed by atoms with Crippen molar-refractivity contribution >= 4 is 35.4 Å². The molecule has 15 heteroatoms. The number of aliphatic carboxylic acids is 1. The second kappa shape index (κ2) is 21.5. The summed E-state index contributed by atoms with van der Waals surface area (Å²) in [6.07, 6.45) is 9.85. The minimum Gasteiger partial charge on any atom is -0.489 e. The minimum absolute atomic E-state index is 0.0112. The summed E-state index contributed by atoms with van der Waals surface area (Å²) in [6, 6.07) is 15.3. The molecule has 330 valence electrons. The second-order valence-electron chi connectivity index (χ2n) is 17.0. The number of ether oxygens (including phenoxy) is 3. The number of hydrogen-bond acceptors (Lipinski definition) is 11. The van der Waals surface area contributed by atoms with Crippen LogP contribution in [0.4, 0.5) is 0 Å². The number of nitrogens with one attached hydrogen (secondary N) is 1. The number of benzene rings is 2. The first kappa shape index (κ1) is 45.9. The van der Waals surface area contributed by atoms with Crippen LogP contribution < -0.4 is 10.1 Å². The Morgan fingerprint density at radius 2 is 1.66 bits per heavy atom. The third-order valence-corrected chi connectivity index (χ3v) is 12.7. The molecule has 3 N–H and O–H groups in total. The van der Waals surface area contributed by atoms with E-state index < -0.39 is 24.1 Å². The SMILES string of the molecule is COC(=O)c1cncc(COc2cc(CCC(=O)N3CCCC4(CCCN(C(=O)CCCN5CCC(OCc6ccccc6)C5)C4)C3)c(Cl)cc2CNC(C)(CO)C(=O)O)c1. The fraction of sp³-hybridized carbons (Fsp3) is 0.543. The number of esters is 1. The van der Waals surface area contributed by atoms with Crippen molar-refractivity contribution in [3.63, 3.8) is 0 Å². The Labute approximate surface area is 363 Å². The van der Waals surface area contributed by atoms with E-state index in [0.29, 0.717) is 66.5 Å². The number of aromatic nitrogens is 1. The van der Waals surface area contributed by atoms with Crippen molar-refractivity contribution in [2.75, 3.05) is 59.5 Å². The molecule has 3 saturated heterocycles. The molecule has 61 heavy (non-hydrogen) atoms. The number of carboxylic acid groups (broad SMARTS) is 1. The highest BCUT2D eigenvalue weighted by Crippen LogP contribution is 2.39. The summed E-state index contributed by atoms with van der Waals surface area (Å²) in [5, 5.41) is 22.8. The lowest BCUT2D eigenvalue weighted by atomic mass is 9.73. The summed E-state index contributed by atoms with van der Waals surface area (Å²) >= 11 is 6.80. The molecule has 3 unspecified atom stereocenters. The summed E-state index contributed by atoms with van der Waals surface area (Å²) in [4.78, 5) is 61.8. The van der Waals surface area contributed by atoms with Crippen LogP contribution in [0.2, 0.25) is 5.02 Å². The number of piperidine rings is 2. The van der Waals surface area contributed by atoms with Crippen molar-refractivity contribution in [3.05, 3.63) is 93.8 Å². The third-order valence-electron chi connectivity index (χ3n) is 12.4. The minimum atomic E-state index is -1.61. The van der Waals surface area contributed by atoms with Gasteiger partial charge in [-0.25, -0.2) is 4.79 Å². The van der Waals surface area contributed by atoms with Crippen LogP contribution >= 0.6 is 11.6 Å². The molecule has 6 rings (SSSR count). The Hall–Kier alpha value is -4.60. The quantitative estimate of drug-likeness (QED) is 0.134. The van der Waals surface area contributed by atoms with Gasteiger partial charge in [-0.2, -0.15) is 0 Å². The van der Waals surface area contributed by atoms with Gasteiger partial charge in [0, 0.05) is 92.6 Å². The van der Waals surface area contributed by atoms with E-state index in [4.69, 9.17) is 25.8 Å². The highest BCUT2D eigenvalue weighted by molar-refractivity contribution is 6.31. The van der Waals surface area contributed by atoms with E-state index in [-0.39, 0.29) is 48.5 Å². The molecule has 3 aromatic rings. The second-order valence-corrected chi connectivity index (χ2v) is 17.4. The van der Waals surface area contributed by atoms with Crippen LogP contribution in [0.15, 0.2) is 60.9 Å². The summed E-state index contributed by atoms with van der Waals surface area (Å²) in [5.41, 5.74) is 1.54. The fourth-order valence-electron chi connectivity index (χ4n) is 8.66. The molecular weight excluding hydrogens is 802 g/mol. The molecule has 1 aromatic heterocycles. The lowest BCUT2D eigenvalue weighted by Gasteiger charge is -2.48. The molecular formula is C46H60ClN5O9. The lowest BCUT2D eigenvalue weighted by molar-refractivity contribution is -0.146. The van der Waals surface area contributed by atoms with E-state index in [1.165, 1.54) is 25.8 Å². The number of aliphatic hydroxyl groups is 1. The number of rotatable bonds is 19. The molecule has 3 atom stereocenters. The van der Waals surface area contributed by atoms with Crippen LogP contribution in [0.3, 0.4) is 0 Å². The van der Waals surface area contributed by atoms with Crippen LogP contribution in [0, 0.1) is 5.41 Å². The molecule has 0 saturated carbocycles. The van der Waals surface area contributed by atoms with Crippen molar-refractivity contribution in [1.29, 1.82) is 0 Å². The number of carbonyl (C=O) groups is 4. The molecule has 2 amide bonds. The summed E-state index contributed by atoms with van der Waals surface area (Å²) in [7, 11) is 1.29. The zero-order valence-corrected chi connectivity index (χ0v) is 36.2. The topological polar surface area (TPSA) is 171 Å². The van der Waals surface area contributed by atoms with Gasteiger partial charge in [-0.15, -0.1) is 0 Å². The predicted molar refractivity (Wildman–Crippen MR) is 229 cm³/mol. The first-order valence-electron chi connectivity index (χ1n) is 21.4. The van der Waals surface area contributed by atoms with Gasteiger partial charge in [-0.1, -0.05) is 41.9 Å². The number of aryl methyl sites for hydroxylation is 1. The maximum absolute atomic E-state index is 13.8. The van der Waals surface area contributed by atoms with E-state index in [1.54, 1.807) is 24.4 Å². The number of likely N-dealkylation sites (tertiary alicyclic amines) is 3. The molecule has 3 aliphatic heterocycles. The van der Waals surface area contributed by atoms with E-state index in [1.807, 2.05) is 28.0 Å². The van der Waals surface area contributed by atoms with Gasteiger partial charge in [0.05, 0.1) is 32.0 Å². The first-order valence-corrected chi connectivity index (χ1v) is 21.8. The van der Waals surface area contributed by atoms with Gasteiger partial charge in [0.15, 0.2) is 0 Å². The summed E-state index contributed by atoms with van der Waals surface area (Å²) in [6.45, 7) is 6.87. The fourth-order valence-corrected chi connectivity index (χ4v) is 8.94. The van der Waals surface area contributed by atoms with Gasteiger partial charge in [0.1, 0.15) is 17.9 Å². The van der Waals surface area contributed by atoms with Gasteiger partial charge >= 0.3 is 11.9 Å². The van der Waals surface area contributed by atoms with Crippen molar-refractivity contribution in [3.8, 4) is 5.75 Å².